The Hall–Kier alpha value is -5.58. The first kappa shape index (κ1) is 26.6. The zero-order valence-corrected chi connectivity index (χ0v) is 26.8. The molecule has 0 amide bonds. The maximum Gasteiger partial charge on any atom is 0.161 e. The van der Waals surface area contributed by atoms with Crippen LogP contribution >= 0.6 is 11.3 Å². The number of para-hydroxylation sites is 2. The molecule has 222 valence electrons. The molecular formula is C43H29N3S. The summed E-state index contributed by atoms with van der Waals surface area (Å²) in [6.45, 7) is 4.71. The number of aromatic nitrogens is 3. The van der Waals surface area contributed by atoms with Crippen molar-refractivity contribution in [3.63, 3.8) is 0 Å². The molecule has 0 spiro atoms. The molecule has 1 aliphatic rings. The molecule has 3 aromatic heterocycles. The fourth-order valence-corrected chi connectivity index (χ4v) is 8.90. The summed E-state index contributed by atoms with van der Waals surface area (Å²) in [5.74, 6) is 0.744. The van der Waals surface area contributed by atoms with E-state index in [0.717, 1.165) is 38.5 Å². The molecule has 9 aromatic rings. The third-order valence-electron chi connectivity index (χ3n) is 10.0. The van der Waals surface area contributed by atoms with Crippen molar-refractivity contribution in [2.75, 3.05) is 0 Å². The number of rotatable bonds is 3. The smallest absolute Gasteiger partial charge is 0.161 e. The van der Waals surface area contributed by atoms with Gasteiger partial charge in [-0.15, -0.1) is 11.3 Å². The van der Waals surface area contributed by atoms with Crippen LogP contribution in [0.15, 0.2) is 140 Å². The van der Waals surface area contributed by atoms with Crippen molar-refractivity contribution in [3.05, 3.63) is 151 Å². The highest BCUT2D eigenvalue weighted by Crippen LogP contribution is 2.51. The Morgan fingerprint density at radius 2 is 1.26 bits per heavy atom. The minimum Gasteiger partial charge on any atom is -0.309 e. The van der Waals surface area contributed by atoms with Crippen LogP contribution in [-0.4, -0.2) is 14.5 Å². The van der Waals surface area contributed by atoms with Gasteiger partial charge in [-0.2, -0.15) is 0 Å². The molecule has 6 aromatic carbocycles. The van der Waals surface area contributed by atoms with E-state index in [-0.39, 0.29) is 5.41 Å². The van der Waals surface area contributed by atoms with Crippen molar-refractivity contribution in [1.29, 1.82) is 0 Å². The van der Waals surface area contributed by atoms with Gasteiger partial charge < -0.3 is 4.57 Å². The highest BCUT2D eigenvalue weighted by molar-refractivity contribution is 7.25. The van der Waals surface area contributed by atoms with E-state index < -0.39 is 0 Å². The number of thiophene rings is 1. The molecule has 0 N–H and O–H groups in total. The molecule has 0 saturated carbocycles. The van der Waals surface area contributed by atoms with Crippen molar-refractivity contribution in [2.24, 2.45) is 0 Å². The Bertz CT molecular complexity index is 2710. The van der Waals surface area contributed by atoms with Gasteiger partial charge in [-0.3, -0.25) is 0 Å². The van der Waals surface area contributed by atoms with Gasteiger partial charge >= 0.3 is 0 Å². The summed E-state index contributed by atoms with van der Waals surface area (Å²) in [5, 5.41) is 4.82. The molecule has 3 nitrogen and oxygen atoms in total. The van der Waals surface area contributed by atoms with Gasteiger partial charge in [0.15, 0.2) is 5.82 Å². The summed E-state index contributed by atoms with van der Waals surface area (Å²) in [4.78, 5) is 11.5. The second kappa shape index (κ2) is 9.71. The fraction of sp³-hybridized carbons (Fsp3) is 0.0698. The molecule has 0 fully saturated rings. The van der Waals surface area contributed by atoms with E-state index in [0.29, 0.717) is 0 Å². The Labute approximate surface area is 276 Å². The van der Waals surface area contributed by atoms with E-state index >= 15 is 0 Å². The van der Waals surface area contributed by atoms with Gasteiger partial charge in [-0.25, -0.2) is 9.97 Å². The summed E-state index contributed by atoms with van der Waals surface area (Å²) in [6, 6.07) is 50.3. The lowest BCUT2D eigenvalue weighted by molar-refractivity contribution is 0.661. The molecule has 0 atom stereocenters. The van der Waals surface area contributed by atoms with Crippen LogP contribution in [0.2, 0.25) is 0 Å². The lowest BCUT2D eigenvalue weighted by Crippen LogP contribution is -2.14. The quantitative estimate of drug-likeness (QED) is 0.197. The average Bonchev–Trinajstić information content (AvgIpc) is 3.73. The summed E-state index contributed by atoms with van der Waals surface area (Å²) >= 11 is 1.74. The molecule has 47 heavy (non-hydrogen) atoms. The average molecular weight is 620 g/mol. The van der Waals surface area contributed by atoms with Crippen molar-refractivity contribution in [3.8, 4) is 39.5 Å². The topological polar surface area (TPSA) is 30.7 Å². The third kappa shape index (κ3) is 3.73. The molecule has 10 rings (SSSR count). The van der Waals surface area contributed by atoms with Crippen molar-refractivity contribution < 1.29 is 0 Å². The van der Waals surface area contributed by atoms with Crippen LogP contribution in [0.4, 0.5) is 0 Å². The van der Waals surface area contributed by atoms with Crippen molar-refractivity contribution >= 4 is 53.4 Å². The highest BCUT2D eigenvalue weighted by Gasteiger charge is 2.36. The van der Waals surface area contributed by atoms with Gasteiger partial charge in [0.25, 0.3) is 0 Å². The Kier molecular flexibility index (Phi) is 5.50. The summed E-state index contributed by atoms with van der Waals surface area (Å²) in [5.41, 5.74) is 11.9. The second-order valence-corrected chi connectivity index (χ2v) is 14.0. The van der Waals surface area contributed by atoms with Crippen LogP contribution < -0.4 is 0 Å². The Balaban J connectivity index is 1.32. The number of hydrogen-bond donors (Lipinski definition) is 0. The third-order valence-corrected chi connectivity index (χ3v) is 11.1. The minimum absolute atomic E-state index is 0.0678. The first-order valence-electron chi connectivity index (χ1n) is 16.1. The van der Waals surface area contributed by atoms with E-state index in [1.807, 2.05) is 6.07 Å². The molecule has 1 aliphatic carbocycles. The predicted molar refractivity (Wildman–Crippen MR) is 198 cm³/mol. The highest BCUT2D eigenvalue weighted by atomic mass is 32.1. The van der Waals surface area contributed by atoms with Crippen LogP contribution in [0.5, 0.6) is 0 Å². The lowest BCUT2D eigenvalue weighted by atomic mass is 9.82. The Morgan fingerprint density at radius 3 is 2.13 bits per heavy atom. The van der Waals surface area contributed by atoms with Gasteiger partial charge in [0.05, 0.1) is 22.4 Å². The SMILES string of the molecule is CC1(C)c2ccccc2-c2cc3c(cc21)c1ccccc1n3-c1ccccc1-c1nc(-c2ccccc2)nc2sc3ccccc3c12. The van der Waals surface area contributed by atoms with Crippen molar-refractivity contribution in [1.82, 2.24) is 14.5 Å². The summed E-state index contributed by atoms with van der Waals surface area (Å²) < 4.78 is 3.67. The van der Waals surface area contributed by atoms with E-state index in [1.54, 1.807) is 11.3 Å². The minimum atomic E-state index is -0.0678. The summed E-state index contributed by atoms with van der Waals surface area (Å²) in [6.07, 6.45) is 0. The maximum absolute atomic E-state index is 5.38. The number of nitrogens with zero attached hydrogens (tertiary/aromatic N) is 3. The molecule has 0 aliphatic heterocycles. The molecule has 4 heteroatoms. The monoisotopic (exact) mass is 619 g/mol. The van der Waals surface area contributed by atoms with Crippen LogP contribution in [0.25, 0.3) is 81.6 Å². The van der Waals surface area contributed by atoms with E-state index in [2.05, 4.69) is 152 Å². The first-order chi connectivity index (χ1) is 23.1. The maximum atomic E-state index is 5.38. The van der Waals surface area contributed by atoms with E-state index in [1.165, 1.54) is 54.1 Å². The first-order valence-corrected chi connectivity index (χ1v) is 16.9. The molecular weight excluding hydrogens is 591 g/mol. The summed E-state index contributed by atoms with van der Waals surface area (Å²) in [7, 11) is 0. The van der Waals surface area contributed by atoms with Gasteiger partial charge in [0, 0.05) is 42.8 Å². The molecule has 0 unspecified atom stereocenters. The molecule has 0 saturated heterocycles. The van der Waals surface area contributed by atoms with Crippen LogP contribution in [0, 0.1) is 0 Å². The molecule has 0 bridgehead atoms. The van der Waals surface area contributed by atoms with Gasteiger partial charge in [0.2, 0.25) is 0 Å². The number of benzene rings is 6. The van der Waals surface area contributed by atoms with Crippen molar-refractivity contribution in [2.45, 2.75) is 19.3 Å². The van der Waals surface area contributed by atoms with Crippen LogP contribution in [-0.2, 0) is 5.41 Å². The largest absolute Gasteiger partial charge is 0.309 e. The van der Waals surface area contributed by atoms with Gasteiger partial charge in [-0.1, -0.05) is 123 Å². The van der Waals surface area contributed by atoms with Gasteiger partial charge in [-0.05, 0) is 52.6 Å². The fourth-order valence-electron chi connectivity index (χ4n) is 7.83. The normalized spacial score (nSPS) is 13.5. The second-order valence-electron chi connectivity index (χ2n) is 13.0. The van der Waals surface area contributed by atoms with Crippen LogP contribution in [0.1, 0.15) is 25.0 Å². The van der Waals surface area contributed by atoms with E-state index in [4.69, 9.17) is 9.97 Å². The zero-order chi connectivity index (χ0) is 31.3. The molecule has 3 heterocycles. The van der Waals surface area contributed by atoms with E-state index in [9.17, 15) is 0 Å². The van der Waals surface area contributed by atoms with Crippen LogP contribution in [0.3, 0.4) is 0 Å². The standard InChI is InChI=1S/C43H29N3S/c1-43(2)33-20-10-6-16-27(33)31-25-37-32(24-34(31)43)28-17-7-11-21-35(28)46(37)36-22-12-8-18-29(36)40-39-30-19-9-13-23-38(30)47-42(39)45-41(44-40)26-14-4-3-5-15-26/h3-25H,1-2H3. The predicted octanol–water partition coefficient (Wildman–Crippen LogP) is 11.6. The molecule has 0 radical (unpaired) electrons. The zero-order valence-electron chi connectivity index (χ0n) is 26.0. The number of hydrogen-bond acceptors (Lipinski definition) is 3. The Morgan fingerprint density at radius 1 is 0.553 bits per heavy atom. The van der Waals surface area contributed by atoms with Gasteiger partial charge in [0.1, 0.15) is 4.83 Å². The number of fused-ring (bicyclic) bond motifs is 9. The lowest BCUT2D eigenvalue weighted by Gasteiger charge is -2.21.